The average Bonchev–Trinajstić information content (AvgIpc) is 3.35. The van der Waals surface area contributed by atoms with Gasteiger partial charge in [-0.3, -0.25) is 4.79 Å². The molecule has 3 rings (SSSR count). The van der Waals surface area contributed by atoms with Crippen molar-refractivity contribution in [2.75, 3.05) is 0 Å². The van der Waals surface area contributed by atoms with Crippen molar-refractivity contribution in [1.82, 2.24) is 5.32 Å². The van der Waals surface area contributed by atoms with E-state index in [4.69, 9.17) is 4.74 Å². The number of carbonyl (C=O) groups excluding carboxylic acids is 2. The van der Waals surface area contributed by atoms with Gasteiger partial charge in [0.05, 0.1) is 0 Å². The van der Waals surface area contributed by atoms with E-state index in [0.717, 1.165) is 36.1 Å². The van der Waals surface area contributed by atoms with Crippen molar-refractivity contribution in [3.05, 3.63) is 57.0 Å². The fourth-order valence-corrected chi connectivity index (χ4v) is 3.67. The molecule has 2 aromatic rings. The van der Waals surface area contributed by atoms with Crippen LogP contribution in [-0.2, 0) is 16.0 Å². The van der Waals surface area contributed by atoms with E-state index < -0.39 is 17.9 Å². The van der Waals surface area contributed by atoms with E-state index in [1.165, 1.54) is 35.6 Å². The highest BCUT2D eigenvalue weighted by atomic mass is 32.1. The molecule has 1 saturated carbocycles. The molecule has 1 aliphatic rings. The Morgan fingerprint density at radius 2 is 2.00 bits per heavy atom. The Morgan fingerprint density at radius 1 is 1.31 bits per heavy atom. The number of carbonyl (C=O) groups is 2. The lowest BCUT2D eigenvalue weighted by molar-refractivity contribution is -0.130. The van der Waals surface area contributed by atoms with Gasteiger partial charge in [0.1, 0.15) is 10.7 Å². The fourth-order valence-electron chi connectivity index (χ4n) is 2.72. The largest absolute Gasteiger partial charge is 0.443 e. The van der Waals surface area contributed by atoms with Crippen molar-refractivity contribution < 1.29 is 18.7 Å². The lowest BCUT2D eigenvalue weighted by Crippen LogP contribution is -2.33. The van der Waals surface area contributed by atoms with Gasteiger partial charge in [0.15, 0.2) is 0 Å². The van der Waals surface area contributed by atoms with E-state index in [-0.39, 0.29) is 11.9 Å². The molecule has 0 bridgehead atoms. The van der Waals surface area contributed by atoms with Crippen molar-refractivity contribution in [1.29, 1.82) is 0 Å². The summed E-state index contributed by atoms with van der Waals surface area (Å²) < 4.78 is 18.7. The van der Waals surface area contributed by atoms with Gasteiger partial charge in [-0.25, -0.2) is 9.18 Å². The van der Waals surface area contributed by atoms with Crippen LogP contribution in [0.3, 0.4) is 0 Å². The molecule has 1 aromatic carbocycles. The maximum absolute atomic E-state index is 13.2. The first-order valence-electron chi connectivity index (χ1n) is 8.84. The van der Waals surface area contributed by atoms with E-state index in [9.17, 15) is 14.0 Å². The molecule has 1 fully saturated rings. The minimum atomic E-state index is -1.08. The minimum absolute atomic E-state index is 0.143. The second-order valence-electron chi connectivity index (χ2n) is 6.56. The third-order valence-corrected chi connectivity index (χ3v) is 5.37. The average molecular weight is 375 g/mol. The van der Waals surface area contributed by atoms with Crippen LogP contribution in [0.4, 0.5) is 4.39 Å². The highest BCUT2D eigenvalue weighted by molar-refractivity contribution is 7.14. The molecular formula is C20H22FNO3S. The number of nitrogens with one attached hydrogen (secondary N) is 1. The molecule has 138 valence electrons. The van der Waals surface area contributed by atoms with Gasteiger partial charge in [0.2, 0.25) is 6.10 Å². The van der Waals surface area contributed by atoms with Gasteiger partial charge in [-0.1, -0.05) is 25.5 Å². The summed E-state index contributed by atoms with van der Waals surface area (Å²) in [5, 5.41) is 2.85. The Labute approximate surface area is 156 Å². The van der Waals surface area contributed by atoms with Crippen molar-refractivity contribution in [3.63, 3.8) is 0 Å². The molecule has 1 amide bonds. The lowest BCUT2D eigenvalue weighted by Gasteiger charge is -2.17. The number of thiophene rings is 1. The van der Waals surface area contributed by atoms with Crippen LogP contribution in [0.25, 0.3) is 0 Å². The quantitative estimate of drug-likeness (QED) is 0.733. The normalized spacial score (nSPS) is 14.7. The summed E-state index contributed by atoms with van der Waals surface area (Å²) in [6.45, 7) is 4.06. The molecule has 4 nitrogen and oxygen atoms in total. The van der Waals surface area contributed by atoms with Gasteiger partial charge in [0, 0.05) is 16.5 Å². The Hall–Kier alpha value is -2.21. The van der Waals surface area contributed by atoms with Crippen LogP contribution in [0.15, 0.2) is 30.3 Å². The van der Waals surface area contributed by atoms with E-state index in [1.54, 1.807) is 0 Å². The van der Waals surface area contributed by atoms with Crippen molar-refractivity contribution in [2.24, 2.45) is 0 Å². The van der Waals surface area contributed by atoms with Crippen LogP contribution in [0.5, 0.6) is 0 Å². The zero-order chi connectivity index (χ0) is 18.7. The number of halogens is 1. The van der Waals surface area contributed by atoms with Gasteiger partial charge in [-0.05, 0) is 49.9 Å². The van der Waals surface area contributed by atoms with E-state index in [1.807, 2.05) is 13.0 Å². The monoisotopic (exact) mass is 375 g/mol. The molecule has 1 N–H and O–H groups in total. The summed E-state index contributed by atoms with van der Waals surface area (Å²) in [5.74, 6) is -1.30. The summed E-state index contributed by atoms with van der Waals surface area (Å²) in [4.78, 5) is 26.7. The predicted octanol–water partition coefficient (Wildman–Crippen LogP) is 4.32. The molecule has 0 radical (unpaired) electrons. The third-order valence-electron chi connectivity index (χ3n) is 4.30. The van der Waals surface area contributed by atoms with Gasteiger partial charge >= 0.3 is 5.97 Å². The first-order valence-corrected chi connectivity index (χ1v) is 9.65. The van der Waals surface area contributed by atoms with Crippen molar-refractivity contribution >= 4 is 23.2 Å². The van der Waals surface area contributed by atoms with Crippen LogP contribution in [0.1, 0.15) is 58.0 Å². The molecule has 1 heterocycles. The van der Waals surface area contributed by atoms with Gasteiger partial charge in [-0.15, -0.1) is 11.3 Å². The molecule has 1 atom stereocenters. The summed E-state index contributed by atoms with van der Waals surface area (Å²) in [7, 11) is 0. The van der Waals surface area contributed by atoms with Gasteiger partial charge in [0.25, 0.3) is 5.91 Å². The summed E-state index contributed by atoms with van der Waals surface area (Å²) in [5.41, 5.74) is 1.59. The topological polar surface area (TPSA) is 55.4 Å². The zero-order valence-corrected chi connectivity index (χ0v) is 15.7. The SMILES string of the molecule is CCCc1cc(C(=O)OC(C(=O)NC2CC2)c2ccc(F)cc2)sc1C. The van der Waals surface area contributed by atoms with Crippen LogP contribution in [-0.4, -0.2) is 17.9 Å². The summed E-state index contributed by atoms with van der Waals surface area (Å²) in [6.07, 6.45) is 2.68. The van der Waals surface area contributed by atoms with Crippen LogP contribution < -0.4 is 5.32 Å². The Bertz CT molecular complexity index is 796. The Kier molecular flexibility index (Phi) is 5.71. The molecule has 26 heavy (non-hydrogen) atoms. The number of amides is 1. The van der Waals surface area contributed by atoms with E-state index >= 15 is 0 Å². The zero-order valence-electron chi connectivity index (χ0n) is 14.9. The molecule has 1 aromatic heterocycles. The molecule has 0 spiro atoms. The first kappa shape index (κ1) is 18.6. The molecule has 0 saturated heterocycles. The van der Waals surface area contributed by atoms with Crippen LogP contribution in [0.2, 0.25) is 0 Å². The number of ether oxygens (including phenoxy) is 1. The Balaban J connectivity index is 1.79. The second-order valence-corrected chi connectivity index (χ2v) is 7.82. The lowest BCUT2D eigenvalue weighted by atomic mass is 10.1. The van der Waals surface area contributed by atoms with Crippen molar-refractivity contribution in [2.45, 2.75) is 51.7 Å². The smallest absolute Gasteiger partial charge is 0.349 e. The van der Waals surface area contributed by atoms with Gasteiger partial charge < -0.3 is 10.1 Å². The molecule has 1 aliphatic carbocycles. The van der Waals surface area contributed by atoms with E-state index in [0.29, 0.717) is 10.4 Å². The predicted molar refractivity (Wildman–Crippen MR) is 98.8 cm³/mol. The highest BCUT2D eigenvalue weighted by Gasteiger charge is 2.31. The molecular weight excluding hydrogens is 353 g/mol. The van der Waals surface area contributed by atoms with Crippen molar-refractivity contribution in [3.8, 4) is 0 Å². The summed E-state index contributed by atoms with van der Waals surface area (Å²) in [6, 6.07) is 7.45. The van der Waals surface area contributed by atoms with Crippen LogP contribution in [0, 0.1) is 12.7 Å². The Morgan fingerprint density at radius 3 is 2.62 bits per heavy atom. The number of esters is 1. The molecule has 0 aliphatic heterocycles. The minimum Gasteiger partial charge on any atom is -0.443 e. The third kappa shape index (κ3) is 4.49. The van der Waals surface area contributed by atoms with Crippen LogP contribution >= 0.6 is 11.3 Å². The number of hydrogen-bond donors (Lipinski definition) is 1. The highest BCUT2D eigenvalue weighted by Crippen LogP contribution is 2.28. The number of benzene rings is 1. The number of aryl methyl sites for hydroxylation is 2. The second kappa shape index (κ2) is 7.99. The molecule has 1 unspecified atom stereocenters. The standard InChI is InChI=1S/C20H22FNO3S/c1-3-4-14-11-17(26-12(14)2)20(24)25-18(19(23)22-16-9-10-16)13-5-7-15(21)8-6-13/h5-8,11,16,18H,3-4,9-10H2,1-2H3,(H,22,23). The summed E-state index contributed by atoms with van der Waals surface area (Å²) >= 11 is 1.37. The van der Waals surface area contributed by atoms with E-state index in [2.05, 4.69) is 12.2 Å². The maximum atomic E-state index is 13.2. The maximum Gasteiger partial charge on any atom is 0.349 e. The molecule has 6 heteroatoms. The first-order chi connectivity index (χ1) is 12.5. The number of hydrogen-bond acceptors (Lipinski definition) is 4. The van der Waals surface area contributed by atoms with Gasteiger partial charge in [-0.2, -0.15) is 0 Å². The fraction of sp³-hybridized carbons (Fsp3) is 0.400. The number of rotatable bonds is 7.